The van der Waals surface area contributed by atoms with E-state index >= 15 is 0 Å². The van der Waals surface area contributed by atoms with E-state index in [0.29, 0.717) is 25.6 Å². The summed E-state index contributed by atoms with van der Waals surface area (Å²) in [6.07, 6.45) is 4.22. The normalized spacial score (nSPS) is 18.5. The van der Waals surface area contributed by atoms with E-state index in [-0.39, 0.29) is 23.7 Å². The van der Waals surface area contributed by atoms with Crippen LogP contribution < -0.4 is 10.1 Å². The molecule has 1 N–H and O–H groups in total. The maximum absolute atomic E-state index is 12.5. The molecule has 0 saturated carbocycles. The van der Waals surface area contributed by atoms with Crippen molar-refractivity contribution in [2.45, 2.75) is 46.6 Å². The first-order chi connectivity index (χ1) is 12.0. The minimum atomic E-state index is -0.130. The predicted molar refractivity (Wildman–Crippen MR) is 96.0 cm³/mol. The molecule has 2 amide bonds. The predicted octanol–water partition coefficient (Wildman–Crippen LogP) is 2.38. The van der Waals surface area contributed by atoms with Gasteiger partial charge in [0, 0.05) is 37.8 Å². The van der Waals surface area contributed by atoms with Crippen LogP contribution in [-0.4, -0.2) is 41.4 Å². The van der Waals surface area contributed by atoms with Gasteiger partial charge in [0.05, 0.1) is 12.5 Å². The van der Waals surface area contributed by atoms with Gasteiger partial charge in [0.1, 0.15) is 0 Å². The average molecular weight is 347 g/mol. The molecule has 25 heavy (non-hydrogen) atoms. The molecule has 2 rings (SSSR count). The Hall–Kier alpha value is -2.11. The number of hydrogen-bond acceptors (Lipinski definition) is 4. The maximum Gasteiger partial charge on any atom is 0.225 e. The average Bonchev–Trinajstić information content (AvgIpc) is 2.65. The lowest BCUT2D eigenvalue weighted by Gasteiger charge is -2.33. The van der Waals surface area contributed by atoms with Gasteiger partial charge in [-0.25, -0.2) is 4.98 Å². The third kappa shape index (κ3) is 5.44. The van der Waals surface area contributed by atoms with Crippen molar-refractivity contribution in [1.82, 2.24) is 15.2 Å². The molecule has 0 aliphatic carbocycles. The van der Waals surface area contributed by atoms with Gasteiger partial charge < -0.3 is 15.0 Å². The standard InChI is InChI=1S/C19H29N3O3/c1-4-14(3)19(24)22-10-6-7-16(13-22)18(23)21-12-15-8-9-20-17(11-15)25-5-2/h8-9,11,14,16H,4-7,10,12-13H2,1-3H3,(H,21,23)/t14-,16+/m1/s1. The number of carbonyl (C=O) groups is 2. The summed E-state index contributed by atoms with van der Waals surface area (Å²) < 4.78 is 5.38. The van der Waals surface area contributed by atoms with E-state index in [1.165, 1.54) is 0 Å². The molecule has 0 bridgehead atoms. The lowest BCUT2D eigenvalue weighted by molar-refractivity contribution is -0.139. The highest BCUT2D eigenvalue weighted by Gasteiger charge is 2.29. The number of rotatable bonds is 7. The maximum atomic E-state index is 12.5. The number of carbonyl (C=O) groups excluding carboxylic acids is 2. The molecule has 0 unspecified atom stereocenters. The van der Waals surface area contributed by atoms with Crippen LogP contribution in [0.15, 0.2) is 18.3 Å². The fraction of sp³-hybridized carbons (Fsp3) is 0.632. The van der Waals surface area contributed by atoms with Crippen LogP contribution in [-0.2, 0) is 16.1 Å². The van der Waals surface area contributed by atoms with Gasteiger partial charge in [-0.2, -0.15) is 0 Å². The van der Waals surface area contributed by atoms with E-state index in [4.69, 9.17) is 4.74 Å². The van der Waals surface area contributed by atoms with Crippen molar-refractivity contribution in [2.24, 2.45) is 11.8 Å². The van der Waals surface area contributed by atoms with Gasteiger partial charge in [-0.15, -0.1) is 0 Å². The number of nitrogens with zero attached hydrogens (tertiary/aromatic N) is 2. The molecule has 2 heterocycles. The second-order valence-electron chi connectivity index (χ2n) is 6.59. The van der Waals surface area contributed by atoms with E-state index in [9.17, 15) is 9.59 Å². The van der Waals surface area contributed by atoms with Crippen LogP contribution in [0.3, 0.4) is 0 Å². The Kier molecular flexibility index (Phi) is 7.22. The second kappa shape index (κ2) is 9.39. The zero-order valence-corrected chi connectivity index (χ0v) is 15.5. The van der Waals surface area contributed by atoms with Gasteiger partial charge in [0.25, 0.3) is 0 Å². The van der Waals surface area contributed by atoms with Crippen LogP contribution in [0.25, 0.3) is 0 Å². The molecule has 2 atom stereocenters. The van der Waals surface area contributed by atoms with E-state index in [0.717, 1.165) is 31.4 Å². The first kappa shape index (κ1) is 19.2. The highest BCUT2D eigenvalue weighted by Crippen LogP contribution is 2.20. The lowest BCUT2D eigenvalue weighted by atomic mass is 9.95. The van der Waals surface area contributed by atoms with Crippen molar-refractivity contribution < 1.29 is 14.3 Å². The van der Waals surface area contributed by atoms with E-state index in [1.807, 2.05) is 37.8 Å². The smallest absolute Gasteiger partial charge is 0.225 e. The van der Waals surface area contributed by atoms with E-state index in [1.54, 1.807) is 6.20 Å². The monoisotopic (exact) mass is 347 g/mol. The molecular weight excluding hydrogens is 318 g/mol. The van der Waals surface area contributed by atoms with Gasteiger partial charge in [0.2, 0.25) is 17.7 Å². The number of pyridine rings is 1. The first-order valence-electron chi connectivity index (χ1n) is 9.19. The number of nitrogens with one attached hydrogen (secondary N) is 1. The molecule has 0 spiro atoms. The highest BCUT2D eigenvalue weighted by atomic mass is 16.5. The van der Waals surface area contributed by atoms with Crippen LogP contribution in [0, 0.1) is 11.8 Å². The lowest BCUT2D eigenvalue weighted by Crippen LogP contribution is -2.46. The van der Waals surface area contributed by atoms with E-state index in [2.05, 4.69) is 10.3 Å². The Morgan fingerprint density at radius 2 is 2.24 bits per heavy atom. The molecule has 1 saturated heterocycles. The first-order valence-corrected chi connectivity index (χ1v) is 9.19. The number of likely N-dealkylation sites (tertiary alicyclic amines) is 1. The van der Waals surface area contributed by atoms with Gasteiger partial charge in [-0.05, 0) is 37.8 Å². The fourth-order valence-corrected chi connectivity index (χ4v) is 3.00. The topological polar surface area (TPSA) is 71.5 Å². The number of aromatic nitrogens is 1. The van der Waals surface area contributed by atoms with Crippen molar-refractivity contribution in [3.8, 4) is 5.88 Å². The Bertz CT molecular complexity index is 591. The van der Waals surface area contributed by atoms with Crippen molar-refractivity contribution in [3.63, 3.8) is 0 Å². The van der Waals surface area contributed by atoms with Crippen LogP contribution in [0.2, 0.25) is 0 Å². The van der Waals surface area contributed by atoms with Gasteiger partial charge in [-0.1, -0.05) is 13.8 Å². The van der Waals surface area contributed by atoms with Gasteiger partial charge in [0.15, 0.2) is 0 Å². The molecule has 138 valence electrons. The zero-order chi connectivity index (χ0) is 18.2. The van der Waals surface area contributed by atoms with Crippen LogP contribution in [0.4, 0.5) is 0 Å². The number of ether oxygens (including phenoxy) is 1. The molecule has 6 heteroatoms. The van der Waals surface area contributed by atoms with Crippen LogP contribution in [0.1, 0.15) is 45.6 Å². The summed E-state index contributed by atoms with van der Waals surface area (Å²) in [5.41, 5.74) is 0.954. The summed E-state index contributed by atoms with van der Waals surface area (Å²) >= 11 is 0. The summed E-state index contributed by atoms with van der Waals surface area (Å²) in [5, 5.41) is 2.98. The Morgan fingerprint density at radius 3 is 2.96 bits per heavy atom. The molecule has 6 nitrogen and oxygen atoms in total. The third-order valence-electron chi connectivity index (χ3n) is 4.70. The minimum absolute atomic E-state index is 0.0106. The molecular formula is C19H29N3O3. The quantitative estimate of drug-likeness (QED) is 0.822. The van der Waals surface area contributed by atoms with Crippen molar-refractivity contribution in [1.29, 1.82) is 0 Å². The number of hydrogen-bond donors (Lipinski definition) is 1. The Morgan fingerprint density at radius 1 is 1.44 bits per heavy atom. The van der Waals surface area contributed by atoms with Crippen molar-refractivity contribution in [2.75, 3.05) is 19.7 Å². The van der Waals surface area contributed by atoms with Crippen LogP contribution >= 0.6 is 0 Å². The summed E-state index contributed by atoms with van der Waals surface area (Å²) in [4.78, 5) is 30.8. The molecule has 1 fully saturated rings. The highest BCUT2D eigenvalue weighted by molar-refractivity contribution is 5.82. The Balaban J connectivity index is 1.88. The molecule has 1 aromatic heterocycles. The molecule has 1 aromatic rings. The SMILES string of the molecule is CCOc1cc(CNC(=O)[C@H]2CCCN(C(=O)[C@H](C)CC)C2)ccn1. The minimum Gasteiger partial charge on any atom is -0.478 e. The summed E-state index contributed by atoms with van der Waals surface area (Å²) in [5.74, 6) is 0.634. The zero-order valence-electron chi connectivity index (χ0n) is 15.5. The third-order valence-corrected chi connectivity index (χ3v) is 4.70. The van der Waals surface area contributed by atoms with Crippen molar-refractivity contribution >= 4 is 11.8 Å². The van der Waals surface area contributed by atoms with Crippen molar-refractivity contribution in [3.05, 3.63) is 23.9 Å². The fourth-order valence-electron chi connectivity index (χ4n) is 3.00. The second-order valence-corrected chi connectivity index (χ2v) is 6.59. The van der Waals surface area contributed by atoms with Gasteiger partial charge in [-0.3, -0.25) is 9.59 Å². The molecule has 1 aliphatic rings. The number of piperidine rings is 1. The van der Waals surface area contributed by atoms with Crippen LogP contribution in [0.5, 0.6) is 5.88 Å². The van der Waals surface area contributed by atoms with Gasteiger partial charge >= 0.3 is 0 Å². The van der Waals surface area contributed by atoms with E-state index < -0.39 is 0 Å². The number of amides is 2. The Labute approximate surface area is 150 Å². The summed E-state index contributed by atoms with van der Waals surface area (Å²) in [6, 6.07) is 3.70. The summed E-state index contributed by atoms with van der Waals surface area (Å²) in [7, 11) is 0. The molecule has 1 aliphatic heterocycles. The largest absolute Gasteiger partial charge is 0.478 e. The molecule has 0 aromatic carbocycles. The summed E-state index contributed by atoms with van der Waals surface area (Å²) in [6.45, 7) is 8.16. The molecule has 0 radical (unpaired) electrons.